The van der Waals surface area contributed by atoms with E-state index in [2.05, 4.69) is 24.4 Å². The van der Waals surface area contributed by atoms with Gasteiger partial charge in [0.05, 0.1) is 13.7 Å². The van der Waals surface area contributed by atoms with Crippen LogP contribution >= 0.6 is 0 Å². The number of benzene rings is 1. The Morgan fingerprint density at radius 1 is 1.44 bits per heavy atom. The molecule has 2 unspecified atom stereocenters. The maximum atomic E-state index is 5.61. The highest BCUT2D eigenvalue weighted by atomic mass is 16.5. The van der Waals surface area contributed by atoms with E-state index in [0.29, 0.717) is 12.0 Å². The minimum absolute atomic E-state index is 0.371. The minimum Gasteiger partial charge on any atom is -0.497 e. The third-order valence-electron chi connectivity index (χ3n) is 3.79. The summed E-state index contributed by atoms with van der Waals surface area (Å²) in [5.74, 6) is 1.49. The van der Waals surface area contributed by atoms with Crippen molar-refractivity contribution in [2.45, 2.75) is 25.8 Å². The van der Waals surface area contributed by atoms with Crippen molar-refractivity contribution in [2.75, 3.05) is 27.4 Å². The summed E-state index contributed by atoms with van der Waals surface area (Å²) in [5.41, 5.74) is 2.63. The molecule has 3 heteroatoms. The number of hydrogen-bond acceptors (Lipinski definition) is 3. The first-order valence-corrected chi connectivity index (χ1v) is 6.65. The molecule has 1 saturated heterocycles. The van der Waals surface area contributed by atoms with Crippen LogP contribution in [0.4, 0.5) is 0 Å². The van der Waals surface area contributed by atoms with Crippen LogP contribution in [0.25, 0.3) is 0 Å². The smallest absolute Gasteiger partial charge is 0.119 e. The molecule has 1 aromatic carbocycles. The van der Waals surface area contributed by atoms with E-state index in [1.165, 1.54) is 17.5 Å². The summed E-state index contributed by atoms with van der Waals surface area (Å²) in [5, 5.41) is 3.45. The van der Waals surface area contributed by atoms with Crippen LogP contribution in [0.15, 0.2) is 18.2 Å². The zero-order valence-corrected chi connectivity index (χ0v) is 11.5. The van der Waals surface area contributed by atoms with Crippen LogP contribution in [-0.4, -0.2) is 27.4 Å². The molecule has 0 aliphatic carbocycles. The molecule has 2 rings (SSSR count). The lowest BCUT2D eigenvalue weighted by atomic mass is 9.87. The van der Waals surface area contributed by atoms with Gasteiger partial charge in [-0.1, -0.05) is 6.07 Å². The lowest BCUT2D eigenvalue weighted by molar-refractivity contribution is 0.0401. The van der Waals surface area contributed by atoms with E-state index in [4.69, 9.17) is 9.47 Å². The molecule has 1 heterocycles. The van der Waals surface area contributed by atoms with Gasteiger partial charge >= 0.3 is 0 Å². The molecule has 1 N–H and O–H groups in total. The van der Waals surface area contributed by atoms with E-state index in [1.54, 1.807) is 7.11 Å². The predicted molar refractivity (Wildman–Crippen MR) is 73.1 cm³/mol. The van der Waals surface area contributed by atoms with Crippen LogP contribution in [0.1, 0.15) is 30.0 Å². The van der Waals surface area contributed by atoms with Gasteiger partial charge in [-0.25, -0.2) is 0 Å². The number of rotatable bonds is 4. The molecular formula is C15H23NO2. The van der Waals surface area contributed by atoms with Gasteiger partial charge in [0.25, 0.3) is 0 Å². The van der Waals surface area contributed by atoms with Crippen molar-refractivity contribution in [3.8, 4) is 5.75 Å². The summed E-state index contributed by atoms with van der Waals surface area (Å²) in [4.78, 5) is 0. The van der Waals surface area contributed by atoms with Crippen molar-refractivity contribution in [3.63, 3.8) is 0 Å². The standard InChI is InChI=1S/C15H23NO2/c1-11-9-13(17-3)6-7-14(11)15(16-2)12-5-4-8-18-10-12/h6-7,9,12,15-16H,4-5,8,10H2,1-3H3. The molecule has 18 heavy (non-hydrogen) atoms. The summed E-state index contributed by atoms with van der Waals surface area (Å²) >= 11 is 0. The molecule has 2 atom stereocenters. The summed E-state index contributed by atoms with van der Waals surface area (Å²) in [6, 6.07) is 6.68. The van der Waals surface area contributed by atoms with E-state index in [-0.39, 0.29) is 0 Å². The molecule has 1 aliphatic rings. The number of nitrogens with one attached hydrogen (secondary N) is 1. The van der Waals surface area contributed by atoms with Gasteiger partial charge in [0.2, 0.25) is 0 Å². The van der Waals surface area contributed by atoms with Crippen LogP contribution < -0.4 is 10.1 Å². The van der Waals surface area contributed by atoms with E-state index in [0.717, 1.165) is 25.4 Å². The molecule has 0 amide bonds. The fourth-order valence-electron chi connectivity index (χ4n) is 2.80. The predicted octanol–water partition coefficient (Wildman–Crippen LogP) is 2.69. The van der Waals surface area contributed by atoms with Gasteiger partial charge in [-0.15, -0.1) is 0 Å². The minimum atomic E-state index is 0.371. The first kappa shape index (κ1) is 13.4. The molecule has 0 saturated carbocycles. The molecule has 1 fully saturated rings. The summed E-state index contributed by atoms with van der Waals surface area (Å²) < 4.78 is 10.9. The topological polar surface area (TPSA) is 30.5 Å². The monoisotopic (exact) mass is 249 g/mol. The quantitative estimate of drug-likeness (QED) is 0.890. The van der Waals surface area contributed by atoms with Crippen LogP contribution in [0.3, 0.4) is 0 Å². The van der Waals surface area contributed by atoms with Crippen molar-refractivity contribution in [1.29, 1.82) is 0 Å². The second kappa shape index (κ2) is 6.21. The number of hydrogen-bond donors (Lipinski definition) is 1. The Morgan fingerprint density at radius 3 is 2.83 bits per heavy atom. The lowest BCUT2D eigenvalue weighted by Gasteiger charge is -2.31. The highest BCUT2D eigenvalue weighted by molar-refractivity contribution is 5.37. The van der Waals surface area contributed by atoms with Gasteiger partial charge in [-0.2, -0.15) is 0 Å². The van der Waals surface area contributed by atoms with Gasteiger partial charge in [0.15, 0.2) is 0 Å². The molecule has 0 aromatic heterocycles. The highest BCUT2D eigenvalue weighted by Crippen LogP contribution is 2.31. The van der Waals surface area contributed by atoms with Crippen molar-refractivity contribution in [2.24, 2.45) is 5.92 Å². The first-order chi connectivity index (χ1) is 8.76. The van der Waals surface area contributed by atoms with Crippen LogP contribution in [0, 0.1) is 12.8 Å². The summed E-state index contributed by atoms with van der Waals surface area (Å²) in [7, 11) is 3.74. The third kappa shape index (κ3) is 2.85. The molecule has 0 bridgehead atoms. The van der Waals surface area contributed by atoms with E-state index < -0.39 is 0 Å². The maximum Gasteiger partial charge on any atom is 0.119 e. The Bertz CT molecular complexity index is 386. The van der Waals surface area contributed by atoms with Crippen molar-refractivity contribution >= 4 is 0 Å². The molecule has 1 aromatic rings. The number of methoxy groups -OCH3 is 1. The molecule has 100 valence electrons. The highest BCUT2D eigenvalue weighted by Gasteiger charge is 2.25. The Morgan fingerprint density at radius 2 is 2.28 bits per heavy atom. The van der Waals surface area contributed by atoms with Crippen LogP contribution in [0.2, 0.25) is 0 Å². The van der Waals surface area contributed by atoms with Gasteiger partial charge in [0.1, 0.15) is 5.75 Å². The van der Waals surface area contributed by atoms with E-state index in [9.17, 15) is 0 Å². The maximum absolute atomic E-state index is 5.61. The zero-order chi connectivity index (χ0) is 13.0. The normalized spacial score (nSPS) is 21.6. The average molecular weight is 249 g/mol. The Labute approximate surface area is 109 Å². The van der Waals surface area contributed by atoms with Gasteiger partial charge in [-0.05, 0) is 50.1 Å². The average Bonchev–Trinajstić information content (AvgIpc) is 2.42. The molecular weight excluding hydrogens is 226 g/mol. The SMILES string of the molecule is CNC(c1ccc(OC)cc1C)C1CCCOC1. The van der Waals surface area contributed by atoms with Gasteiger partial charge < -0.3 is 14.8 Å². The molecule has 3 nitrogen and oxygen atoms in total. The van der Waals surface area contributed by atoms with Crippen LogP contribution in [-0.2, 0) is 4.74 Å². The lowest BCUT2D eigenvalue weighted by Crippen LogP contribution is -2.31. The van der Waals surface area contributed by atoms with E-state index >= 15 is 0 Å². The van der Waals surface area contributed by atoms with Crippen molar-refractivity contribution in [1.82, 2.24) is 5.32 Å². The number of aryl methyl sites for hydroxylation is 1. The zero-order valence-electron chi connectivity index (χ0n) is 11.5. The summed E-state index contributed by atoms with van der Waals surface area (Å²) in [6.45, 7) is 3.91. The summed E-state index contributed by atoms with van der Waals surface area (Å²) in [6.07, 6.45) is 2.40. The van der Waals surface area contributed by atoms with Gasteiger partial charge in [0, 0.05) is 18.6 Å². The van der Waals surface area contributed by atoms with Crippen LogP contribution in [0.5, 0.6) is 5.75 Å². The molecule has 0 spiro atoms. The van der Waals surface area contributed by atoms with Crippen molar-refractivity contribution in [3.05, 3.63) is 29.3 Å². The van der Waals surface area contributed by atoms with Crippen molar-refractivity contribution < 1.29 is 9.47 Å². The Hall–Kier alpha value is -1.06. The first-order valence-electron chi connectivity index (χ1n) is 6.65. The fourth-order valence-corrected chi connectivity index (χ4v) is 2.80. The molecule has 0 radical (unpaired) electrons. The molecule has 1 aliphatic heterocycles. The second-order valence-corrected chi connectivity index (χ2v) is 4.97. The Balaban J connectivity index is 2.20. The van der Waals surface area contributed by atoms with E-state index in [1.807, 2.05) is 13.1 Å². The largest absolute Gasteiger partial charge is 0.497 e. The Kier molecular flexibility index (Phi) is 4.61. The van der Waals surface area contributed by atoms with Gasteiger partial charge in [-0.3, -0.25) is 0 Å². The third-order valence-corrected chi connectivity index (χ3v) is 3.79. The fraction of sp³-hybridized carbons (Fsp3) is 0.600. The number of ether oxygens (including phenoxy) is 2. The second-order valence-electron chi connectivity index (χ2n) is 4.97.